The standard InChI is InChI=1S/C14H13FN2O2S/c1-7-11-9(15)3-2-4-10(11)20-12(7)14(19)17-16-13(18)8-5-6-8/h2-4,8H,5-6H2,1H3,(H,16,18)(H,17,19). The highest BCUT2D eigenvalue weighted by Gasteiger charge is 2.30. The summed E-state index contributed by atoms with van der Waals surface area (Å²) in [5, 5.41) is 0.469. The highest BCUT2D eigenvalue weighted by molar-refractivity contribution is 7.21. The lowest BCUT2D eigenvalue weighted by atomic mass is 10.1. The smallest absolute Gasteiger partial charge is 0.273 e. The van der Waals surface area contributed by atoms with Crippen LogP contribution in [0.5, 0.6) is 0 Å². The van der Waals surface area contributed by atoms with Crippen LogP contribution in [-0.2, 0) is 4.79 Å². The van der Waals surface area contributed by atoms with Crippen molar-refractivity contribution < 1.29 is 14.0 Å². The molecule has 0 unspecified atom stereocenters. The number of hydrazine groups is 1. The van der Waals surface area contributed by atoms with Crippen LogP contribution in [0.3, 0.4) is 0 Å². The van der Waals surface area contributed by atoms with Crippen molar-refractivity contribution in [1.29, 1.82) is 0 Å². The number of halogens is 1. The highest BCUT2D eigenvalue weighted by atomic mass is 32.1. The van der Waals surface area contributed by atoms with Gasteiger partial charge < -0.3 is 0 Å². The molecule has 0 aliphatic heterocycles. The van der Waals surface area contributed by atoms with E-state index in [1.165, 1.54) is 17.4 Å². The van der Waals surface area contributed by atoms with Crippen LogP contribution in [0.2, 0.25) is 0 Å². The van der Waals surface area contributed by atoms with Gasteiger partial charge in [0, 0.05) is 16.0 Å². The number of rotatable bonds is 2. The molecule has 0 bridgehead atoms. The fraction of sp³-hybridized carbons (Fsp3) is 0.286. The van der Waals surface area contributed by atoms with Gasteiger partial charge >= 0.3 is 0 Å². The molecule has 104 valence electrons. The SMILES string of the molecule is Cc1c(C(=O)NNC(=O)C2CC2)sc2cccc(F)c12. The van der Waals surface area contributed by atoms with E-state index in [1.807, 2.05) is 0 Å². The molecule has 1 saturated carbocycles. The fourth-order valence-corrected chi connectivity index (χ4v) is 3.21. The molecular weight excluding hydrogens is 279 g/mol. The third-order valence-corrected chi connectivity index (χ3v) is 4.61. The molecule has 2 aromatic rings. The molecule has 1 aliphatic rings. The second-order valence-corrected chi connectivity index (χ2v) is 5.94. The van der Waals surface area contributed by atoms with E-state index in [9.17, 15) is 14.0 Å². The zero-order chi connectivity index (χ0) is 14.3. The van der Waals surface area contributed by atoms with Gasteiger partial charge in [-0.15, -0.1) is 11.3 Å². The minimum atomic E-state index is -0.405. The van der Waals surface area contributed by atoms with Crippen LogP contribution in [0.15, 0.2) is 18.2 Å². The summed E-state index contributed by atoms with van der Waals surface area (Å²) in [5.41, 5.74) is 5.39. The van der Waals surface area contributed by atoms with E-state index in [2.05, 4.69) is 10.9 Å². The first kappa shape index (κ1) is 13.1. The Hall–Kier alpha value is -1.95. The molecular formula is C14H13FN2O2S. The first-order chi connectivity index (χ1) is 9.58. The molecule has 1 heterocycles. The van der Waals surface area contributed by atoms with Crippen LogP contribution < -0.4 is 10.9 Å². The minimum absolute atomic E-state index is 0.0243. The molecule has 0 atom stereocenters. The van der Waals surface area contributed by atoms with Crippen molar-refractivity contribution in [3.8, 4) is 0 Å². The fourth-order valence-electron chi connectivity index (χ4n) is 2.09. The molecule has 1 fully saturated rings. The van der Waals surface area contributed by atoms with Gasteiger partial charge in [-0.05, 0) is 37.5 Å². The lowest BCUT2D eigenvalue weighted by Crippen LogP contribution is -2.42. The summed E-state index contributed by atoms with van der Waals surface area (Å²) in [6.07, 6.45) is 1.74. The Balaban J connectivity index is 1.82. The van der Waals surface area contributed by atoms with Crippen LogP contribution in [0.1, 0.15) is 28.1 Å². The van der Waals surface area contributed by atoms with Crippen molar-refractivity contribution in [2.75, 3.05) is 0 Å². The van der Waals surface area contributed by atoms with Gasteiger partial charge in [0.25, 0.3) is 5.91 Å². The number of thiophene rings is 1. The molecule has 0 spiro atoms. The van der Waals surface area contributed by atoms with E-state index in [-0.39, 0.29) is 17.6 Å². The Morgan fingerprint density at radius 3 is 2.70 bits per heavy atom. The number of carbonyl (C=O) groups is 2. The summed E-state index contributed by atoms with van der Waals surface area (Å²) in [6, 6.07) is 4.76. The number of hydrogen-bond acceptors (Lipinski definition) is 3. The number of benzene rings is 1. The first-order valence-corrected chi connectivity index (χ1v) is 7.17. The first-order valence-electron chi connectivity index (χ1n) is 6.35. The lowest BCUT2D eigenvalue weighted by molar-refractivity contribution is -0.123. The van der Waals surface area contributed by atoms with Crippen LogP contribution in [0.4, 0.5) is 4.39 Å². The minimum Gasteiger partial charge on any atom is -0.273 e. The molecule has 1 aromatic heterocycles. The Labute approximate surface area is 118 Å². The Morgan fingerprint density at radius 1 is 1.30 bits per heavy atom. The zero-order valence-electron chi connectivity index (χ0n) is 10.8. The zero-order valence-corrected chi connectivity index (χ0v) is 11.6. The van der Waals surface area contributed by atoms with Crippen LogP contribution >= 0.6 is 11.3 Å². The number of carbonyl (C=O) groups excluding carboxylic acids is 2. The monoisotopic (exact) mass is 292 g/mol. The van der Waals surface area contributed by atoms with Crippen molar-refractivity contribution in [2.45, 2.75) is 19.8 Å². The molecule has 4 nitrogen and oxygen atoms in total. The molecule has 2 amide bonds. The molecule has 0 saturated heterocycles. The Morgan fingerprint density at radius 2 is 2.05 bits per heavy atom. The quantitative estimate of drug-likeness (QED) is 0.836. The largest absolute Gasteiger partial charge is 0.280 e. The molecule has 2 N–H and O–H groups in total. The summed E-state index contributed by atoms with van der Waals surface area (Å²) in [4.78, 5) is 23.9. The average Bonchev–Trinajstić information content (AvgIpc) is 3.21. The maximum absolute atomic E-state index is 13.8. The average molecular weight is 292 g/mol. The maximum Gasteiger partial charge on any atom is 0.280 e. The number of amides is 2. The van der Waals surface area contributed by atoms with Crippen molar-refractivity contribution in [1.82, 2.24) is 10.9 Å². The number of hydrogen-bond donors (Lipinski definition) is 2. The molecule has 1 aliphatic carbocycles. The third-order valence-electron chi connectivity index (χ3n) is 3.36. The number of aryl methyl sites for hydroxylation is 1. The predicted molar refractivity (Wildman–Crippen MR) is 74.9 cm³/mol. The summed E-state index contributed by atoms with van der Waals surface area (Å²) in [6.45, 7) is 1.71. The molecule has 0 radical (unpaired) electrons. The topological polar surface area (TPSA) is 58.2 Å². The maximum atomic E-state index is 13.8. The van der Waals surface area contributed by atoms with Gasteiger partial charge in [-0.25, -0.2) is 4.39 Å². The molecule has 1 aromatic carbocycles. The Bertz CT molecular complexity index is 707. The van der Waals surface area contributed by atoms with Gasteiger partial charge in [-0.2, -0.15) is 0 Å². The second kappa shape index (κ2) is 4.86. The van der Waals surface area contributed by atoms with Crippen molar-refractivity contribution in [3.05, 3.63) is 34.5 Å². The van der Waals surface area contributed by atoms with Crippen LogP contribution in [0, 0.1) is 18.7 Å². The van der Waals surface area contributed by atoms with Crippen molar-refractivity contribution >= 4 is 33.2 Å². The highest BCUT2D eigenvalue weighted by Crippen LogP contribution is 2.32. The summed E-state index contributed by atoms with van der Waals surface area (Å²) < 4.78 is 14.5. The van der Waals surface area contributed by atoms with Gasteiger partial charge in [-0.1, -0.05) is 6.07 Å². The summed E-state index contributed by atoms with van der Waals surface area (Å²) in [7, 11) is 0. The van der Waals surface area contributed by atoms with Crippen LogP contribution in [0.25, 0.3) is 10.1 Å². The van der Waals surface area contributed by atoms with E-state index < -0.39 is 5.91 Å². The van der Waals surface area contributed by atoms with Gasteiger partial charge in [-0.3, -0.25) is 20.4 Å². The normalized spacial score (nSPS) is 14.3. The van der Waals surface area contributed by atoms with E-state index in [0.717, 1.165) is 17.5 Å². The molecule has 6 heteroatoms. The predicted octanol–water partition coefficient (Wildman–Crippen LogP) is 2.52. The summed E-state index contributed by atoms with van der Waals surface area (Å²) >= 11 is 1.22. The number of fused-ring (bicyclic) bond motifs is 1. The van der Waals surface area contributed by atoms with Crippen LogP contribution in [-0.4, -0.2) is 11.8 Å². The van der Waals surface area contributed by atoms with E-state index in [4.69, 9.17) is 0 Å². The van der Waals surface area contributed by atoms with Gasteiger partial charge in [0.15, 0.2) is 0 Å². The van der Waals surface area contributed by atoms with Gasteiger partial charge in [0.05, 0.1) is 4.88 Å². The van der Waals surface area contributed by atoms with E-state index in [0.29, 0.717) is 15.8 Å². The number of nitrogens with one attached hydrogen (secondary N) is 2. The van der Waals surface area contributed by atoms with Crippen molar-refractivity contribution in [3.63, 3.8) is 0 Å². The van der Waals surface area contributed by atoms with Gasteiger partial charge in [0.2, 0.25) is 5.91 Å². The molecule has 3 rings (SSSR count). The van der Waals surface area contributed by atoms with E-state index >= 15 is 0 Å². The Kier molecular flexibility index (Phi) is 3.17. The molecule has 20 heavy (non-hydrogen) atoms. The lowest BCUT2D eigenvalue weighted by Gasteiger charge is -2.05. The second-order valence-electron chi connectivity index (χ2n) is 4.89. The van der Waals surface area contributed by atoms with Gasteiger partial charge in [0.1, 0.15) is 5.82 Å². The van der Waals surface area contributed by atoms with E-state index in [1.54, 1.807) is 19.1 Å². The summed E-state index contributed by atoms with van der Waals surface area (Å²) in [5.74, 6) is -0.881. The van der Waals surface area contributed by atoms with Crippen molar-refractivity contribution in [2.24, 2.45) is 5.92 Å². The third kappa shape index (κ3) is 2.27.